The molecule has 0 atom stereocenters. The zero-order chi connectivity index (χ0) is 11.7. The molecule has 82 valence electrons. The summed E-state index contributed by atoms with van der Waals surface area (Å²) in [6, 6.07) is 5.01. The molecular weight excluding hydrogens is 204 g/mol. The monoisotopic (exact) mass is 216 g/mol. The molecule has 0 aliphatic rings. The highest BCUT2D eigenvalue weighted by atomic mass is 16.3. The Balaban J connectivity index is 2.67. The highest BCUT2D eigenvalue weighted by Gasteiger charge is 2.07. The molecular formula is C12H12N2O2. The minimum atomic E-state index is -0.229. The van der Waals surface area contributed by atoms with E-state index in [1.165, 1.54) is 6.20 Å². The van der Waals surface area contributed by atoms with Crippen molar-refractivity contribution in [3.8, 4) is 17.0 Å². The van der Waals surface area contributed by atoms with Gasteiger partial charge in [0.05, 0.1) is 17.6 Å². The van der Waals surface area contributed by atoms with E-state index >= 15 is 0 Å². The Labute approximate surface area is 92.6 Å². The van der Waals surface area contributed by atoms with Gasteiger partial charge >= 0.3 is 0 Å². The first-order valence-corrected chi connectivity index (χ1v) is 4.94. The second kappa shape index (κ2) is 3.81. The van der Waals surface area contributed by atoms with Gasteiger partial charge in [-0.1, -0.05) is 0 Å². The van der Waals surface area contributed by atoms with Crippen LogP contribution in [0.25, 0.3) is 11.3 Å². The molecule has 0 unspecified atom stereocenters. The number of rotatable bonds is 1. The molecule has 0 aliphatic carbocycles. The van der Waals surface area contributed by atoms with Gasteiger partial charge < -0.3 is 10.1 Å². The Morgan fingerprint density at radius 1 is 1.31 bits per heavy atom. The zero-order valence-corrected chi connectivity index (χ0v) is 9.11. The Kier molecular flexibility index (Phi) is 2.48. The number of aryl methyl sites for hydroxylation is 2. The number of hydrogen-bond acceptors (Lipinski definition) is 3. The number of hydrogen-bond donors (Lipinski definition) is 2. The quantitative estimate of drug-likeness (QED) is 0.763. The summed E-state index contributed by atoms with van der Waals surface area (Å²) in [7, 11) is 0. The molecule has 2 N–H and O–H groups in total. The molecule has 4 heteroatoms. The average molecular weight is 216 g/mol. The molecule has 2 aromatic rings. The molecule has 0 amide bonds. The molecule has 16 heavy (non-hydrogen) atoms. The first-order valence-electron chi connectivity index (χ1n) is 4.94. The fraction of sp³-hybridized carbons (Fsp3) is 0.167. The molecule has 0 radical (unpaired) electrons. The Morgan fingerprint density at radius 2 is 2.06 bits per heavy atom. The molecule has 0 spiro atoms. The molecule has 0 bridgehead atoms. The van der Waals surface area contributed by atoms with E-state index in [2.05, 4.69) is 9.97 Å². The van der Waals surface area contributed by atoms with E-state index in [0.717, 1.165) is 16.8 Å². The maximum Gasteiger partial charge on any atom is 0.266 e. The lowest BCUT2D eigenvalue weighted by molar-refractivity contribution is 0.475. The lowest BCUT2D eigenvalue weighted by atomic mass is 10.0. The second-order valence-electron chi connectivity index (χ2n) is 3.71. The number of phenols is 1. The number of aromatic nitrogens is 2. The summed E-state index contributed by atoms with van der Waals surface area (Å²) in [5, 5.41) is 9.32. The molecule has 0 fully saturated rings. The van der Waals surface area contributed by atoms with Crippen LogP contribution in [0.4, 0.5) is 0 Å². The Morgan fingerprint density at radius 3 is 2.75 bits per heavy atom. The van der Waals surface area contributed by atoms with Gasteiger partial charge in [0.15, 0.2) is 0 Å². The number of benzene rings is 1. The van der Waals surface area contributed by atoms with E-state index < -0.39 is 0 Å². The van der Waals surface area contributed by atoms with Crippen LogP contribution in [0.15, 0.2) is 29.2 Å². The number of H-pyrrole nitrogens is 1. The van der Waals surface area contributed by atoms with Gasteiger partial charge in [0.2, 0.25) is 0 Å². The molecule has 0 saturated heterocycles. The van der Waals surface area contributed by atoms with E-state index in [0.29, 0.717) is 5.69 Å². The van der Waals surface area contributed by atoms with Crippen LogP contribution in [-0.2, 0) is 0 Å². The lowest BCUT2D eigenvalue weighted by Gasteiger charge is -2.08. The second-order valence-corrected chi connectivity index (χ2v) is 3.71. The third kappa shape index (κ3) is 1.82. The van der Waals surface area contributed by atoms with Gasteiger partial charge in [-0.2, -0.15) is 0 Å². The van der Waals surface area contributed by atoms with E-state index in [-0.39, 0.29) is 11.3 Å². The van der Waals surface area contributed by atoms with Gasteiger partial charge in [0, 0.05) is 5.56 Å². The van der Waals surface area contributed by atoms with Gasteiger partial charge in [-0.15, -0.1) is 0 Å². The van der Waals surface area contributed by atoms with Crippen molar-refractivity contribution < 1.29 is 5.11 Å². The first-order chi connectivity index (χ1) is 7.58. The van der Waals surface area contributed by atoms with Gasteiger partial charge in [-0.25, -0.2) is 0 Å². The highest BCUT2D eigenvalue weighted by molar-refractivity contribution is 5.66. The van der Waals surface area contributed by atoms with Crippen molar-refractivity contribution in [2.24, 2.45) is 0 Å². The number of phenolic OH excluding ortho intramolecular Hbond substituents is 1. The molecule has 2 rings (SSSR count). The number of nitrogens with one attached hydrogen (secondary N) is 1. The minimum absolute atomic E-state index is 0.213. The summed E-state index contributed by atoms with van der Waals surface area (Å²) in [5.41, 5.74) is 3.00. The summed E-state index contributed by atoms with van der Waals surface area (Å²) < 4.78 is 0. The average Bonchev–Trinajstić information content (AvgIpc) is 2.22. The van der Waals surface area contributed by atoms with Crippen LogP contribution in [0.2, 0.25) is 0 Å². The summed E-state index contributed by atoms with van der Waals surface area (Å²) in [4.78, 5) is 18.0. The first kappa shape index (κ1) is 10.4. The summed E-state index contributed by atoms with van der Waals surface area (Å²) >= 11 is 0. The molecule has 0 saturated carbocycles. The summed E-state index contributed by atoms with van der Waals surface area (Å²) in [6.07, 6.45) is 1.26. The van der Waals surface area contributed by atoms with Crippen molar-refractivity contribution in [2.75, 3.05) is 0 Å². The van der Waals surface area contributed by atoms with Gasteiger partial charge in [-0.05, 0) is 37.6 Å². The number of nitrogens with zero attached hydrogens (tertiary/aromatic N) is 1. The van der Waals surface area contributed by atoms with Gasteiger partial charge in [0.1, 0.15) is 5.75 Å². The highest BCUT2D eigenvalue weighted by Crippen LogP contribution is 2.25. The molecule has 1 heterocycles. The third-order valence-electron chi connectivity index (χ3n) is 2.46. The van der Waals surface area contributed by atoms with Crippen LogP contribution in [0.3, 0.4) is 0 Å². The third-order valence-corrected chi connectivity index (χ3v) is 2.46. The van der Waals surface area contributed by atoms with Crippen molar-refractivity contribution in [2.45, 2.75) is 13.8 Å². The predicted octanol–water partition coefficient (Wildman–Crippen LogP) is 1.76. The molecule has 4 nitrogen and oxygen atoms in total. The van der Waals surface area contributed by atoms with Crippen LogP contribution in [0.5, 0.6) is 5.75 Å². The van der Waals surface area contributed by atoms with Crippen LogP contribution in [-0.4, -0.2) is 15.1 Å². The van der Waals surface area contributed by atoms with Gasteiger partial charge in [-0.3, -0.25) is 9.78 Å². The summed E-state index contributed by atoms with van der Waals surface area (Å²) in [5.74, 6) is 0.213. The maximum atomic E-state index is 11.2. The molecule has 1 aromatic carbocycles. The van der Waals surface area contributed by atoms with Crippen LogP contribution in [0, 0.1) is 13.8 Å². The van der Waals surface area contributed by atoms with Crippen molar-refractivity contribution in [1.29, 1.82) is 0 Å². The summed E-state index contributed by atoms with van der Waals surface area (Å²) in [6.45, 7) is 3.71. The SMILES string of the molecule is Cc1cc(O)ccc1-c1[nH]c(=O)cnc1C. The van der Waals surface area contributed by atoms with E-state index in [1.54, 1.807) is 18.2 Å². The zero-order valence-electron chi connectivity index (χ0n) is 9.11. The maximum absolute atomic E-state index is 11.2. The van der Waals surface area contributed by atoms with Crippen LogP contribution in [0.1, 0.15) is 11.3 Å². The Hall–Kier alpha value is -2.10. The number of aromatic amines is 1. The molecule has 1 aromatic heterocycles. The van der Waals surface area contributed by atoms with E-state index in [4.69, 9.17) is 0 Å². The topological polar surface area (TPSA) is 66.0 Å². The van der Waals surface area contributed by atoms with Gasteiger partial charge in [0.25, 0.3) is 5.56 Å². The van der Waals surface area contributed by atoms with Crippen molar-refractivity contribution >= 4 is 0 Å². The largest absolute Gasteiger partial charge is 0.508 e. The smallest absolute Gasteiger partial charge is 0.266 e. The fourth-order valence-electron chi connectivity index (χ4n) is 1.66. The fourth-order valence-corrected chi connectivity index (χ4v) is 1.66. The molecule has 0 aliphatic heterocycles. The lowest BCUT2D eigenvalue weighted by Crippen LogP contribution is -2.08. The van der Waals surface area contributed by atoms with Crippen LogP contribution < -0.4 is 5.56 Å². The minimum Gasteiger partial charge on any atom is -0.508 e. The predicted molar refractivity (Wildman–Crippen MR) is 61.4 cm³/mol. The van der Waals surface area contributed by atoms with E-state index in [9.17, 15) is 9.90 Å². The number of aromatic hydroxyl groups is 1. The normalized spacial score (nSPS) is 10.4. The van der Waals surface area contributed by atoms with Crippen molar-refractivity contribution in [1.82, 2.24) is 9.97 Å². The van der Waals surface area contributed by atoms with E-state index in [1.807, 2.05) is 13.8 Å². The van der Waals surface area contributed by atoms with Crippen LogP contribution >= 0.6 is 0 Å². The van der Waals surface area contributed by atoms with Crippen molar-refractivity contribution in [3.63, 3.8) is 0 Å². The van der Waals surface area contributed by atoms with Crippen molar-refractivity contribution in [3.05, 3.63) is 46.0 Å². The Bertz CT molecular complexity index is 588. The standard InChI is InChI=1S/C12H12N2O2/c1-7-5-9(15)3-4-10(7)12-8(2)13-6-11(16)14-12/h3-6,15H,1-2H3,(H,14,16).